The lowest BCUT2D eigenvalue weighted by Crippen LogP contribution is -2.21. The third-order valence-corrected chi connectivity index (χ3v) is 2.70. The number of rotatable bonds is 0. The van der Waals surface area contributed by atoms with Gasteiger partial charge in [0.15, 0.2) is 0 Å². The number of halogens is 1. The summed E-state index contributed by atoms with van der Waals surface area (Å²) in [6.07, 6.45) is 0.107. The van der Waals surface area contributed by atoms with Gasteiger partial charge in [0.25, 0.3) is 0 Å². The largest absolute Gasteiger partial charge is 0.391 e. The van der Waals surface area contributed by atoms with Gasteiger partial charge in [-0.3, -0.25) is 0 Å². The van der Waals surface area contributed by atoms with Gasteiger partial charge in [-0.15, -0.1) is 0 Å². The van der Waals surface area contributed by atoms with Crippen LogP contribution in [0.3, 0.4) is 0 Å². The van der Waals surface area contributed by atoms with Crippen molar-refractivity contribution in [2.75, 3.05) is 0 Å². The Morgan fingerprint density at radius 2 is 2.25 bits per heavy atom. The molecule has 0 radical (unpaired) electrons. The lowest BCUT2D eigenvalue weighted by Gasteiger charge is -2.07. The van der Waals surface area contributed by atoms with Gasteiger partial charge in [0.05, 0.1) is 12.1 Å². The van der Waals surface area contributed by atoms with E-state index in [2.05, 4.69) is 0 Å². The van der Waals surface area contributed by atoms with Gasteiger partial charge in [-0.2, -0.15) is 0 Å². The zero-order valence-electron chi connectivity index (χ0n) is 6.50. The van der Waals surface area contributed by atoms with Crippen molar-refractivity contribution in [3.8, 4) is 0 Å². The van der Waals surface area contributed by atoms with Crippen LogP contribution in [-0.2, 0) is 6.42 Å². The first-order valence-electron chi connectivity index (χ1n) is 3.91. The molecule has 2 atom stereocenters. The zero-order chi connectivity index (χ0) is 8.72. The minimum atomic E-state index is -0.472. The van der Waals surface area contributed by atoms with E-state index in [1.54, 1.807) is 0 Å². The fourth-order valence-corrected chi connectivity index (χ4v) is 1.91. The summed E-state index contributed by atoms with van der Waals surface area (Å²) in [6.45, 7) is 0. The molecule has 1 aliphatic carbocycles. The van der Waals surface area contributed by atoms with Crippen molar-refractivity contribution in [2.24, 2.45) is 5.73 Å². The summed E-state index contributed by atoms with van der Waals surface area (Å²) in [5.41, 5.74) is 7.73. The second kappa shape index (κ2) is 2.73. The van der Waals surface area contributed by atoms with Crippen LogP contribution in [-0.4, -0.2) is 11.2 Å². The van der Waals surface area contributed by atoms with E-state index < -0.39 is 6.10 Å². The molecule has 0 amide bonds. The molecule has 0 fully saturated rings. The molecule has 12 heavy (non-hydrogen) atoms. The Morgan fingerprint density at radius 1 is 1.50 bits per heavy atom. The average Bonchev–Trinajstić information content (AvgIpc) is 2.32. The summed E-state index contributed by atoms with van der Waals surface area (Å²) in [4.78, 5) is 0. The van der Waals surface area contributed by atoms with Crippen molar-refractivity contribution >= 4 is 11.6 Å². The molecule has 0 aliphatic heterocycles. The normalized spacial score (nSPS) is 27.2. The molecule has 0 bridgehead atoms. The number of hydrogen-bond acceptors (Lipinski definition) is 2. The monoisotopic (exact) mass is 183 g/mol. The van der Waals surface area contributed by atoms with Crippen LogP contribution in [0.1, 0.15) is 17.2 Å². The highest BCUT2D eigenvalue weighted by atomic mass is 35.5. The third-order valence-electron chi connectivity index (χ3n) is 2.34. The van der Waals surface area contributed by atoms with E-state index in [1.165, 1.54) is 0 Å². The summed E-state index contributed by atoms with van der Waals surface area (Å²) in [5, 5.41) is 10.2. The molecule has 0 saturated heterocycles. The van der Waals surface area contributed by atoms with Crippen LogP contribution in [0, 0.1) is 0 Å². The van der Waals surface area contributed by atoms with Crippen LogP contribution in [0.25, 0.3) is 0 Å². The van der Waals surface area contributed by atoms with Crippen LogP contribution in [0.4, 0.5) is 0 Å². The summed E-state index contributed by atoms with van der Waals surface area (Å²) in [7, 11) is 0. The standard InChI is InChI=1S/C9H10ClNO/c10-7-3-1-2-5-6(7)4-8(12)9(5)11/h1-3,8-9,12H,4,11H2/t8-,9+/m0/s1. The molecule has 1 aliphatic rings. The van der Waals surface area contributed by atoms with Gasteiger partial charge in [0.1, 0.15) is 0 Å². The summed E-state index contributed by atoms with van der Waals surface area (Å²) in [6, 6.07) is 5.34. The number of fused-ring (bicyclic) bond motifs is 1. The molecule has 3 N–H and O–H groups in total. The molecular formula is C9H10ClNO. The van der Waals surface area contributed by atoms with Gasteiger partial charge in [0, 0.05) is 11.4 Å². The van der Waals surface area contributed by atoms with E-state index in [-0.39, 0.29) is 6.04 Å². The number of aliphatic hydroxyl groups excluding tert-OH is 1. The van der Waals surface area contributed by atoms with E-state index in [0.29, 0.717) is 11.4 Å². The molecule has 2 rings (SSSR count). The molecule has 0 unspecified atom stereocenters. The number of nitrogens with two attached hydrogens (primary N) is 1. The highest BCUT2D eigenvalue weighted by molar-refractivity contribution is 6.31. The van der Waals surface area contributed by atoms with Gasteiger partial charge in [-0.05, 0) is 17.2 Å². The maximum atomic E-state index is 9.46. The van der Waals surface area contributed by atoms with Crippen LogP contribution in [0.15, 0.2) is 18.2 Å². The second-order valence-electron chi connectivity index (χ2n) is 3.10. The lowest BCUT2D eigenvalue weighted by atomic mass is 10.1. The van der Waals surface area contributed by atoms with E-state index in [9.17, 15) is 5.11 Å². The fourth-order valence-electron chi connectivity index (χ4n) is 1.65. The Labute approximate surface area is 76.0 Å². The molecule has 1 aromatic carbocycles. The van der Waals surface area contributed by atoms with Crippen LogP contribution < -0.4 is 5.73 Å². The molecule has 0 aromatic heterocycles. The van der Waals surface area contributed by atoms with E-state index in [4.69, 9.17) is 17.3 Å². The summed E-state index contributed by atoms with van der Waals surface area (Å²) < 4.78 is 0. The van der Waals surface area contributed by atoms with Gasteiger partial charge >= 0.3 is 0 Å². The first-order valence-corrected chi connectivity index (χ1v) is 4.29. The van der Waals surface area contributed by atoms with E-state index >= 15 is 0 Å². The quantitative estimate of drug-likeness (QED) is 0.636. The van der Waals surface area contributed by atoms with Gasteiger partial charge in [0.2, 0.25) is 0 Å². The fraction of sp³-hybridized carbons (Fsp3) is 0.333. The van der Waals surface area contributed by atoms with Crippen molar-refractivity contribution < 1.29 is 5.11 Å². The van der Waals surface area contributed by atoms with Crippen LogP contribution in [0.2, 0.25) is 5.02 Å². The van der Waals surface area contributed by atoms with Gasteiger partial charge < -0.3 is 10.8 Å². The van der Waals surface area contributed by atoms with Crippen molar-refractivity contribution in [2.45, 2.75) is 18.6 Å². The van der Waals surface area contributed by atoms with Gasteiger partial charge in [-0.1, -0.05) is 23.7 Å². The molecule has 0 spiro atoms. The van der Waals surface area contributed by atoms with Crippen molar-refractivity contribution in [1.82, 2.24) is 0 Å². The Hall–Kier alpha value is -0.570. The lowest BCUT2D eigenvalue weighted by molar-refractivity contribution is 0.158. The maximum Gasteiger partial charge on any atom is 0.0773 e. The Balaban J connectivity index is 2.53. The first kappa shape index (κ1) is 8.05. The average molecular weight is 184 g/mol. The Kier molecular flexibility index (Phi) is 1.83. The zero-order valence-corrected chi connectivity index (χ0v) is 7.25. The number of benzene rings is 1. The van der Waals surface area contributed by atoms with Gasteiger partial charge in [-0.25, -0.2) is 0 Å². The highest BCUT2D eigenvalue weighted by Gasteiger charge is 2.28. The van der Waals surface area contributed by atoms with Crippen LogP contribution in [0.5, 0.6) is 0 Å². The predicted octanol–water partition coefficient (Wildman–Crippen LogP) is 1.26. The second-order valence-corrected chi connectivity index (χ2v) is 3.51. The Morgan fingerprint density at radius 3 is 2.92 bits per heavy atom. The third kappa shape index (κ3) is 1.04. The molecule has 3 heteroatoms. The number of hydrogen-bond donors (Lipinski definition) is 2. The molecule has 0 heterocycles. The first-order chi connectivity index (χ1) is 5.70. The van der Waals surface area contributed by atoms with Crippen molar-refractivity contribution in [3.05, 3.63) is 34.3 Å². The SMILES string of the molecule is N[C@@H]1c2cccc(Cl)c2C[C@@H]1O. The molecule has 0 saturated carbocycles. The minimum Gasteiger partial charge on any atom is -0.391 e. The Bertz CT molecular complexity index is 313. The molecule has 1 aromatic rings. The summed E-state index contributed by atoms with van der Waals surface area (Å²) in [5.74, 6) is 0. The summed E-state index contributed by atoms with van der Waals surface area (Å²) >= 11 is 5.93. The smallest absolute Gasteiger partial charge is 0.0773 e. The van der Waals surface area contributed by atoms with E-state index in [0.717, 1.165) is 11.1 Å². The minimum absolute atomic E-state index is 0.265. The highest BCUT2D eigenvalue weighted by Crippen LogP contribution is 2.33. The molecule has 64 valence electrons. The van der Waals surface area contributed by atoms with Crippen molar-refractivity contribution in [1.29, 1.82) is 0 Å². The molecular weight excluding hydrogens is 174 g/mol. The topological polar surface area (TPSA) is 46.2 Å². The van der Waals surface area contributed by atoms with Crippen molar-refractivity contribution in [3.63, 3.8) is 0 Å². The van der Waals surface area contributed by atoms with E-state index in [1.807, 2.05) is 18.2 Å². The number of aliphatic hydroxyl groups is 1. The molecule has 2 nitrogen and oxygen atoms in total. The van der Waals surface area contributed by atoms with Crippen LogP contribution >= 0.6 is 11.6 Å². The maximum absolute atomic E-state index is 9.46. The predicted molar refractivity (Wildman–Crippen MR) is 48.1 cm³/mol.